The Morgan fingerprint density at radius 1 is 0.833 bits per heavy atom. The highest BCUT2D eigenvalue weighted by atomic mass is 32.2. The van der Waals surface area contributed by atoms with Crippen molar-refractivity contribution in [2.45, 2.75) is 17.7 Å². The van der Waals surface area contributed by atoms with Crippen LogP contribution in [0.4, 0.5) is 10.3 Å². The fourth-order valence-corrected chi connectivity index (χ4v) is 4.04. The molecular formula is C23H19FN2O3S. The van der Waals surface area contributed by atoms with Gasteiger partial charge in [-0.2, -0.15) is 0 Å². The second-order valence-electron chi connectivity index (χ2n) is 6.70. The monoisotopic (exact) mass is 422 g/mol. The molecular weight excluding hydrogens is 403 g/mol. The Bertz CT molecular complexity index is 1220. The van der Waals surface area contributed by atoms with Crippen LogP contribution in [0, 0.1) is 5.82 Å². The molecule has 0 saturated carbocycles. The molecule has 0 aliphatic rings. The quantitative estimate of drug-likeness (QED) is 0.452. The van der Waals surface area contributed by atoms with Crippen LogP contribution in [0.15, 0.2) is 94.2 Å². The molecule has 152 valence electrons. The molecule has 30 heavy (non-hydrogen) atoms. The minimum atomic E-state index is -3.86. The molecule has 0 saturated heterocycles. The molecule has 0 radical (unpaired) electrons. The molecule has 0 spiro atoms. The van der Waals surface area contributed by atoms with Crippen LogP contribution in [0.1, 0.15) is 11.5 Å². The molecule has 5 nitrogen and oxygen atoms in total. The lowest BCUT2D eigenvalue weighted by Gasteiger charge is -2.07. The first kappa shape index (κ1) is 19.8. The molecule has 0 unspecified atom stereocenters. The smallest absolute Gasteiger partial charge is 0.264 e. The van der Waals surface area contributed by atoms with Crippen LogP contribution < -0.4 is 4.72 Å². The molecule has 1 aromatic heterocycles. The molecule has 1 heterocycles. The molecule has 4 rings (SSSR count). The van der Waals surface area contributed by atoms with Crippen molar-refractivity contribution in [1.29, 1.82) is 0 Å². The van der Waals surface area contributed by atoms with E-state index in [-0.39, 0.29) is 10.8 Å². The Kier molecular flexibility index (Phi) is 5.63. The van der Waals surface area contributed by atoms with Crippen molar-refractivity contribution < 1.29 is 17.2 Å². The number of aryl methyl sites for hydroxylation is 2. The Balaban J connectivity index is 1.66. The summed E-state index contributed by atoms with van der Waals surface area (Å²) in [5.74, 6) is 0.00965. The lowest BCUT2D eigenvalue weighted by Crippen LogP contribution is -2.12. The number of sulfonamides is 1. The van der Waals surface area contributed by atoms with Gasteiger partial charge in [0.15, 0.2) is 5.89 Å². The maximum absolute atomic E-state index is 13.4. The fourth-order valence-electron chi connectivity index (χ4n) is 3.02. The Morgan fingerprint density at radius 2 is 1.47 bits per heavy atom. The van der Waals surface area contributed by atoms with Gasteiger partial charge in [0.1, 0.15) is 11.5 Å². The van der Waals surface area contributed by atoms with Crippen molar-refractivity contribution in [2.24, 2.45) is 0 Å². The van der Waals surface area contributed by atoms with Gasteiger partial charge in [0.25, 0.3) is 10.0 Å². The van der Waals surface area contributed by atoms with E-state index in [1.807, 2.05) is 30.3 Å². The van der Waals surface area contributed by atoms with Crippen LogP contribution in [-0.4, -0.2) is 13.4 Å². The molecule has 3 aromatic carbocycles. The van der Waals surface area contributed by atoms with Crippen LogP contribution in [0.5, 0.6) is 0 Å². The maximum atomic E-state index is 13.4. The van der Waals surface area contributed by atoms with Gasteiger partial charge in [-0.15, -0.1) is 0 Å². The van der Waals surface area contributed by atoms with Gasteiger partial charge < -0.3 is 4.42 Å². The molecule has 0 fully saturated rings. The van der Waals surface area contributed by atoms with Crippen LogP contribution >= 0.6 is 0 Å². The lowest BCUT2D eigenvalue weighted by atomic mass is 10.1. The van der Waals surface area contributed by atoms with Crippen LogP contribution in [0.3, 0.4) is 0 Å². The third-order valence-electron chi connectivity index (χ3n) is 4.54. The summed E-state index contributed by atoms with van der Waals surface area (Å²) in [6, 6.07) is 23.5. The maximum Gasteiger partial charge on any atom is 0.264 e. The number of hydrogen-bond donors (Lipinski definition) is 1. The molecule has 4 aromatic rings. The molecule has 0 atom stereocenters. The zero-order valence-corrected chi connectivity index (χ0v) is 16.8. The van der Waals surface area contributed by atoms with E-state index < -0.39 is 15.8 Å². The third-order valence-corrected chi connectivity index (χ3v) is 5.89. The van der Waals surface area contributed by atoms with Gasteiger partial charge in [-0.25, -0.2) is 22.5 Å². The number of oxazole rings is 1. The molecule has 0 bridgehead atoms. The second-order valence-corrected chi connectivity index (χ2v) is 8.38. The Morgan fingerprint density at radius 3 is 2.13 bits per heavy atom. The summed E-state index contributed by atoms with van der Waals surface area (Å²) in [4.78, 5) is 4.60. The van der Waals surface area contributed by atoms with E-state index in [2.05, 4.69) is 9.71 Å². The number of anilines is 1. The molecule has 0 aliphatic heterocycles. The van der Waals surface area contributed by atoms with E-state index >= 15 is 0 Å². The summed E-state index contributed by atoms with van der Waals surface area (Å²) in [6.45, 7) is 0. The van der Waals surface area contributed by atoms with Gasteiger partial charge in [-0.3, -0.25) is 0 Å². The number of nitrogens with one attached hydrogen (secondary N) is 1. The highest BCUT2D eigenvalue weighted by Gasteiger charge is 2.22. The Hall–Kier alpha value is -3.45. The predicted molar refractivity (Wildman–Crippen MR) is 113 cm³/mol. The summed E-state index contributed by atoms with van der Waals surface area (Å²) < 4.78 is 47.2. The SMILES string of the molecule is O=S(=O)(Nc1oc(CCc2ccccc2)nc1-c1ccc(F)cc1)c1ccccc1. The highest BCUT2D eigenvalue weighted by Crippen LogP contribution is 2.31. The average molecular weight is 422 g/mol. The van der Waals surface area contributed by atoms with Crippen molar-refractivity contribution >= 4 is 15.9 Å². The number of benzene rings is 3. The normalized spacial score (nSPS) is 11.4. The minimum absolute atomic E-state index is 0.00789. The summed E-state index contributed by atoms with van der Waals surface area (Å²) in [7, 11) is -3.86. The van der Waals surface area contributed by atoms with E-state index in [0.29, 0.717) is 30.0 Å². The molecule has 0 amide bonds. The van der Waals surface area contributed by atoms with Crippen molar-refractivity contribution in [3.05, 3.63) is 102 Å². The number of nitrogens with zero attached hydrogens (tertiary/aromatic N) is 1. The Labute approximate surface area is 174 Å². The van der Waals surface area contributed by atoms with Gasteiger partial charge in [0.05, 0.1) is 4.90 Å². The molecule has 1 N–H and O–H groups in total. The van der Waals surface area contributed by atoms with Crippen LogP contribution in [0.2, 0.25) is 0 Å². The van der Waals surface area contributed by atoms with Gasteiger partial charge in [0, 0.05) is 12.0 Å². The average Bonchev–Trinajstić information content (AvgIpc) is 3.16. The zero-order chi connectivity index (χ0) is 21.0. The summed E-state index contributed by atoms with van der Waals surface area (Å²) >= 11 is 0. The number of aromatic nitrogens is 1. The first-order valence-electron chi connectivity index (χ1n) is 9.39. The molecule has 0 aliphatic carbocycles. The number of hydrogen-bond acceptors (Lipinski definition) is 4. The van der Waals surface area contributed by atoms with Crippen molar-refractivity contribution in [2.75, 3.05) is 4.72 Å². The first-order valence-corrected chi connectivity index (χ1v) is 10.9. The van der Waals surface area contributed by atoms with E-state index in [0.717, 1.165) is 5.56 Å². The minimum Gasteiger partial charge on any atom is -0.424 e. The topological polar surface area (TPSA) is 72.2 Å². The summed E-state index contributed by atoms with van der Waals surface area (Å²) in [5.41, 5.74) is 1.99. The summed E-state index contributed by atoms with van der Waals surface area (Å²) in [5, 5.41) is 0. The second kappa shape index (κ2) is 8.51. The summed E-state index contributed by atoms with van der Waals surface area (Å²) in [6.07, 6.45) is 1.18. The number of rotatable bonds is 7. The van der Waals surface area contributed by atoms with Crippen molar-refractivity contribution in [3.63, 3.8) is 0 Å². The largest absolute Gasteiger partial charge is 0.424 e. The fraction of sp³-hybridized carbons (Fsp3) is 0.0870. The third kappa shape index (κ3) is 4.58. The number of halogens is 1. The highest BCUT2D eigenvalue weighted by molar-refractivity contribution is 7.92. The van der Waals surface area contributed by atoms with E-state index in [4.69, 9.17) is 4.42 Å². The van der Waals surface area contributed by atoms with Crippen LogP contribution in [-0.2, 0) is 22.9 Å². The molecule has 7 heteroatoms. The van der Waals surface area contributed by atoms with Crippen LogP contribution in [0.25, 0.3) is 11.3 Å². The lowest BCUT2D eigenvalue weighted by molar-refractivity contribution is 0.507. The first-order chi connectivity index (χ1) is 14.5. The van der Waals surface area contributed by atoms with Gasteiger partial charge in [-0.05, 0) is 48.4 Å². The van der Waals surface area contributed by atoms with E-state index in [1.165, 1.54) is 36.4 Å². The van der Waals surface area contributed by atoms with Crippen molar-refractivity contribution in [1.82, 2.24) is 4.98 Å². The predicted octanol–water partition coefficient (Wildman–Crippen LogP) is 5.07. The van der Waals surface area contributed by atoms with Crippen molar-refractivity contribution in [3.8, 4) is 11.3 Å². The van der Waals surface area contributed by atoms with E-state index in [9.17, 15) is 12.8 Å². The van der Waals surface area contributed by atoms with Gasteiger partial charge >= 0.3 is 0 Å². The van der Waals surface area contributed by atoms with E-state index in [1.54, 1.807) is 18.2 Å². The standard InChI is InChI=1S/C23H19FN2O3S/c24-19-14-12-18(13-15-19)22-23(26-30(27,28)20-9-5-2-6-10-20)29-21(25-22)16-11-17-7-3-1-4-8-17/h1-10,12-15,26H,11,16H2. The van der Waals surface area contributed by atoms with Gasteiger partial charge in [-0.1, -0.05) is 48.5 Å². The van der Waals surface area contributed by atoms with Gasteiger partial charge in [0.2, 0.25) is 5.88 Å². The zero-order valence-electron chi connectivity index (χ0n) is 16.0.